The number of oxime groups is 1. The molecule has 0 saturated heterocycles. The van der Waals surface area contributed by atoms with Gasteiger partial charge in [0.25, 0.3) is 5.69 Å². The van der Waals surface area contributed by atoms with E-state index in [1.165, 1.54) is 18.2 Å². The number of benzene rings is 3. The Morgan fingerprint density at radius 3 is 2.49 bits per heavy atom. The summed E-state index contributed by atoms with van der Waals surface area (Å²) in [6.45, 7) is 8.48. The maximum absolute atomic E-state index is 14.7. The molecule has 1 fully saturated rings. The van der Waals surface area contributed by atoms with Crippen molar-refractivity contribution in [2.75, 3.05) is 33.0 Å². The van der Waals surface area contributed by atoms with Gasteiger partial charge in [0.2, 0.25) is 5.79 Å². The molecular formula is C47H58FN3O10. The first kappa shape index (κ1) is 45.2. The number of carbonyl (C=O) groups is 1. The summed E-state index contributed by atoms with van der Waals surface area (Å²) in [5, 5.41) is 35.9. The van der Waals surface area contributed by atoms with E-state index in [-0.39, 0.29) is 75.3 Å². The van der Waals surface area contributed by atoms with E-state index in [4.69, 9.17) is 28.9 Å². The summed E-state index contributed by atoms with van der Waals surface area (Å²) in [7, 11) is 0. The number of carbonyl (C=O) groups excluding carboxylic acids is 1. The number of nitro benzene ring substituents is 1. The highest BCUT2D eigenvalue weighted by molar-refractivity contribution is 6.03. The van der Waals surface area contributed by atoms with Crippen LogP contribution < -0.4 is 9.47 Å². The number of hydrogen-bond acceptors (Lipinski definition) is 11. The Bertz CT molecular complexity index is 2030. The molecule has 0 bridgehead atoms. The fourth-order valence-corrected chi connectivity index (χ4v) is 9.23. The van der Waals surface area contributed by atoms with Crippen molar-refractivity contribution < 1.29 is 48.1 Å². The molecule has 3 aromatic carbocycles. The van der Waals surface area contributed by atoms with Crippen LogP contribution in [0.3, 0.4) is 0 Å². The highest BCUT2D eigenvalue weighted by atomic mass is 19.1. The third-order valence-electron chi connectivity index (χ3n) is 11.9. The minimum absolute atomic E-state index is 0.000704. The van der Waals surface area contributed by atoms with E-state index in [9.17, 15) is 29.5 Å². The molecule has 1 aliphatic heterocycles. The van der Waals surface area contributed by atoms with Gasteiger partial charge in [0.1, 0.15) is 36.6 Å². The van der Waals surface area contributed by atoms with Gasteiger partial charge in [-0.1, -0.05) is 55.3 Å². The summed E-state index contributed by atoms with van der Waals surface area (Å²) in [6, 6.07) is 17.4. The normalized spacial score (nSPS) is 23.2. The molecule has 3 aromatic rings. The molecule has 6 atom stereocenters. The Morgan fingerprint density at radius 1 is 1.05 bits per heavy atom. The molecule has 328 valence electrons. The number of nitrogens with zero attached hydrogens (tertiary/aromatic N) is 3. The fraction of sp³-hybridized carbons (Fsp3) is 0.489. The molecule has 13 nitrogen and oxygen atoms in total. The van der Waals surface area contributed by atoms with Gasteiger partial charge in [0, 0.05) is 55.4 Å². The topological polar surface area (TPSA) is 162 Å². The summed E-state index contributed by atoms with van der Waals surface area (Å²) >= 11 is 0. The van der Waals surface area contributed by atoms with Crippen LogP contribution in [0.15, 0.2) is 96.2 Å². The quantitative estimate of drug-likeness (QED) is 0.0432. The number of aliphatic hydroxyl groups excluding tert-OH is 2. The number of fused-ring (bicyclic) bond motifs is 2. The number of hydrogen-bond donors (Lipinski definition) is 2. The van der Waals surface area contributed by atoms with Crippen LogP contribution in [0.4, 0.5) is 14.9 Å². The van der Waals surface area contributed by atoms with Gasteiger partial charge in [-0.2, -0.15) is 0 Å². The van der Waals surface area contributed by atoms with E-state index in [1.54, 1.807) is 54.3 Å². The largest absolute Gasteiger partial charge is 0.489 e. The number of amides is 1. The number of rotatable bonds is 22. The van der Waals surface area contributed by atoms with Gasteiger partial charge in [0.15, 0.2) is 0 Å². The first-order valence-corrected chi connectivity index (χ1v) is 21.4. The number of allylic oxidation sites excluding steroid dienone is 1. The maximum Gasteiger partial charge on any atom is 0.410 e. The molecule has 2 N–H and O–H groups in total. The van der Waals surface area contributed by atoms with Crippen LogP contribution in [-0.4, -0.2) is 76.6 Å². The van der Waals surface area contributed by atoms with E-state index in [1.807, 2.05) is 19.1 Å². The molecule has 1 amide bonds. The van der Waals surface area contributed by atoms with E-state index < -0.39 is 28.8 Å². The summed E-state index contributed by atoms with van der Waals surface area (Å²) in [5.74, 6) is -1.60. The van der Waals surface area contributed by atoms with Crippen LogP contribution in [0.1, 0.15) is 87.8 Å². The van der Waals surface area contributed by atoms with Crippen LogP contribution in [0.5, 0.6) is 11.5 Å². The molecule has 2 aliphatic carbocycles. The summed E-state index contributed by atoms with van der Waals surface area (Å²) in [4.78, 5) is 32.7. The lowest BCUT2D eigenvalue weighted by Crippen LogP contribution is -2.70. The van der Waals surface area contributed by atoms with Gasteiger partial charge in [-0.25, -0.2) is 9.18 Å². The van der Waals surface area contributed by atoms with Crippen molar-refractivity contribution in [3.8, 4) is 11.5 Å². The monoisotopic (exact) mass is 843 g/mol. The molecule has 1 heterocycles. The average molecular weight is 844 g/mol. The van der Waals surface area contributed by atoms with Crippen molar-refractivity contribution in [3.63, 3.8) is 0 Å². The van der Waals surface area contributed by atoms with E-state index in [0.717, 1.165) is 36.8 Å². The molecule has 61 heavy (non-hydrogen) atoms. The third-order valence-corrected chi connectivity index (χ3v) is 11.9. The number of nitro groups is 1. The molecule has 6 unspecified atom stereocenters. The van der Waals surface area contributed by atoms with Gasteiger partial charge < -0.3 is 34.0 Å². The Hall–Kier alpha value is -5.31. The maximum atomic E-state index is 14.7. The first-order valence-electron chi connectivity index (χ1n) is 21.4. The molecule has 0 radical (unpaired) electrons. The average Bonchev–Trinajstić information content (AvgIpc) is 3.26. The fourth-order valence-electron chi connectivity index (χ4n) is 9.23. The molecule has 1 saturated carbocycles. The smallest absolute Gasteiger partial charge is 0.410 e. The summed E-state index contributed by atoms with van der Waals surface area (Å²) in [5.41, 5.74) is 3.39. The molecule has 6 rings (SSSR count). The third kappa shape index (κ3) is 10.3. The molecule has 3 aliphatic rings. The van der Waals surface area contributed by atoms with E-state index >= 15 is 0 Å². The molecule has 0 spiro atoms. The standard InChI is InChI=1S/C47H58FN3O10/c1-4-23-50(46(54)57-6-3)43-29-41(49-60-30-32-17-19-35(20-18-32)51(55)56)38-27-33(13-9-11-24-52)37(15-10-12-25-53)44-39-28-36(58-31-34-14-7-8-16-40(34)48)21-22-42(39)61-47(43,45(38)44)59-26-5-2/h5,7-8,14,16-22,27-28,33,37,43-45,52-53H,2,4,6,9-13,15,23-26,29-31H2,1,3H3. The van der Waals surface area contributed by atoms with Gasteiger partial charge in [-0.05, 0) is 98.4 Å². The lowest BCUT2D eigenvalue weighted by atomic mass is 9.55. The first-order chi connectivity index (χ1) is 29.7. The Balaban J connectivity index is 1.54. The van der Waals surface area contributed by atoms with Crippen LogP contribution >= 0.6 is 0 Å². The summed E-state index contributed by atoms with van der Waals surface area (Å²) in [6.07, 6.45) is 8.46. The van der Waals surface area contributed by atoms with Gasteiger partial charge in [-0.15, -0.1) is 6.58 Å². The van der Waals surface area contributed by atoms with Crippen molar-refractivity contribution in [3.05, 3.63) is 124 Å². The highest BCUT2D eigenvalue weighted by Gasteiger charge is 2.65. The molecular weight excluding hydrogens is 786 g/mol. The lowest BCUT2D eigenvalue weighted by molar-refractivity contribution is -0.384. The van der Waals surface area contributed by atoms with Crippen LogP contribution in [0.2, 0.25) is 0 Å². The number of halogens is 1. The Kier molecular flexibility index (Phi) is 15.9. The predicted molar refractivity (Wildman–Crippen MR) is 228 cm³/mol. The SMILES string of the molecule is C=CCOC12Oc3ccc(OCc4ccccc4F)cc3C3C(CCCCO)C(CCCCO)C=C(C(=NOCc4ccc([N+](=O)[O-])cc4)CC1N(CCC)C(=O)OCC)C32. The minimum atomic E-state index is -1.46. The number of non-ortho nitro benzene ring substituents is 1. The molecule has 14 heteroatoms. The zero-order valence-corrected chi connectivity index (χ0v) is 35.1. The van der Waals surface area contributed by atoms with Crippen molar-refractivity contribution in [1.29, 1.82) is 0 Å². The van der Waals surface area contributed by atoms with Crippen LogP contribution in [0.25, 0.3) is 0 Å². The zero-order valence-electron chi connectivity index (χ0n) is 35.1. The predicted octanol–water partition coefficient (Wildman–Crippen LogP) is 9.02. The second-order valence-corrected chi connectivity index (χ2v) is 15.7. The van der Waals surface area contributed by atoms with Crippen molar-refractivity contribution >= 4 is 17.5 Å². The van der Waals surface area contributed by atoms with Gasteiger partial charge >= 0.3 is 6.09 Å². The lowest BCUT2D eigenvalue weighted by Gasteiger charge is -2.59. The van der Waals surface area contributed by atoms with Crippen molar-refractivity contribution in [2.24, 2.45) is 22.9 Å². The number of unbranched alkanes of at least 4 members (excludes halogenated alkanes) is 2. The molecule has 0 aromatic heterocycles. The summed E-state index contributed by atoms with van der Waals surface area (Å²) < 4.78 is 40.9. The van der Waals surface area contributed by atoms with Crippen LogP contribution in [0, 0.1) is 33.7 Å². The van der Waals surface area contributed by atoms with E-state index in [2.05, 4.69) is 12.7 Å². The van der Waals surface area contributed by atoms with Gasteiger partial charge in [0.05, 0.1) is 29.8 Å². The number of ether oxygens (including phenoxy) is 4. The van der Waals surface area contributed by atoms with Crippen LogP contribution in [-0.2, 0) is 27.5 Å². The van der Waals surface area contributed by atoms with Crippen molar-refractivity contribution in [2.45, 2.75) is 96.2 Å². The zero-order chi connectivity index (χ0) is 43.4. The highest BCUT2D eigenvalue weighted by Crippen LogP contribution is 2.62. The minimum Gasteiger partial charge on any atom is -0.489 e. The van der Waals surface area contributed by atoms with Crippen molar-refractivity contribution in [1.82, 2.24) is 4.90 Å². The van der Waals surface area contributed by atoms with Gasteiger partial charge in [-0.3, -0.25) is 15.0 Å². The Labute approximate surface area is 356 Å². The number of aliphatic hydroxyl groups is 2. The second kappa shape index (κ2) is 21.5. The Morgan fingerprint density at radius 2 is 1.80 bits per heavy atom. The second-order valence-electron chi connectivity index (χ2n) is 15.7. The van der Waals surface area contributed by atoms with E-state index in [0.29, 0.717) is 54.1 Å².